The number of anilines is 2. The number of amides is 1. The second-order valence-electron chi connectivity index (χ2n) is 5.81. The van der Waals surface area contributed by atoms with E-state index in [0.717, 1.165) is 3.57 Å². The van der Waals surface area contributed by atoms with E-state index in [0.29, 0.717) is 23.6 Å². The van der Waals surface area contributed by atoms with Crippen LogP contribution in [0.15, 0.2) is 36.4 Å². The molecule has 0 atom stereocenters. The summed E-state index contributed by atoms with van der Waals surface area (Å²) in [6.07, 6.45) is 1.35. The van der Waals surface area contributed by atoms with Crippen LogP contribution in [0.25, 0.3) is 0 Å². The Morgan fingerprint density at radius 1 is 1.28 bits per heavy atom. The first-order valence-corrected chi connectivity index (χ1v) is 8.99. The van der Waals surface area contributed by atoms with Crippen molar-refractivity contribution in [3.8, 4) is 0 Å². The van der Waals surface area contributed by atoms with Crippen LogP contribution in [0.1, 0.15) is 23.2 Å². The third-order valence-corrected chi connectivity index (χ3v) is 4.87. The zero-order chi connectivity index (χ0) is 18.0. The van der Waals surface area contributed by atoms with Gasteiger partial charge in [-0.25, -0.2) is 9.87 Å². The molecule has 1 fully saturated rings. The van der Waals surface area contributed by atoms with E-state index in [-0.39, 0.29) is 17.9 Å². The summed E-state index contributed by atoms with van der Waals surface area (Å²) in [5.41, 5.74) is 2.65. The van der Waals surface area contributed by atoms with Crippen LogP contribution >= 0.6 is 34.2 Å². The molecule has 1 aliphatic carbocycles. The highest BCUT2D eigenvalue weighted by molar-refractivity contribution is 14.1. The summed E-state index contributed by atoms with van der Waals surface area (Å²) in [6.45, 7) is -0.167. The van der Waals surface area contributed by atoms with Crippen molar-refractivity contribution in [3.63, 3.8) is 0 Å². The molecule has 25 heavy (non-hydrogen) atoms. The normalized spacial score (nSPS) is 14.9. The number of aliphatic hydroxyl groups is 1. The van der Waals surface area contributed by atoms with Gasteiger partial charge in [0, 0.05) is 3.57 Å². The Kier molecular flexibility index (Phi) is 5.47. The largest absolute Gasteiger partial charge is 0.393 e. The second-order valence-corrected chi connectivity index (χ2v) is 7.47. The summed E-state index contributed by atoms with van der Waals surface area (Å²) in [5, 5.41) is 12.7. The lowest BCUT2D eigenvalue weighted by molar-refractivity contribution is -0.0566. The molecule has 0 aromatic heterocycles. The average molecular weight is 477 g/mol. The quantitative estimate of drug-likeness (QED) is 0.435. The van der Waals surface area contributed by atoms with Gasteiger partial charge < -0.3 is 10.4 Å². The standard InChI is InChI=1S/C17H15ClFIN2O3/c18-13-8-11(20)2-4-14(13)21-15-7-10(19)1-3-12(15)16(24)22-25-17(9-23)5-6-17/h1-4,7-8,21,23H,5-6,9H2,(H,22,24). The lowest BCUT2D eigenvalue weighted by atomic mass is 10.1. The Bertz CT molecular complexity index is 814. The van der Waals surface area contributed by atoms with Crippen molar-refractivity contribution >= 4 is 51.5 Å². The molecule has 0 heterocycles. The van der Waals surface area contributed by atoms with Crippen molar-refractivity contribution in [3.05, 3.63) is 56.4 Å². The fraction of sp³-hybridized carbons (Fsp3) is 0.235. The Labute approximate surface area is 162 Å². The van der Waals surface area contributed by atoms with E-state index in [4.69, 9.17) is 16.4 Å². The summed E-state index contributed by atoms with van der Waals surface area (Å²) in [4.78, 5) is 17.7. The third-order valence-electron chi connectivity index (χ3n) is 3.88. The summed E-state index contributed by atoms with van der Waals surface area (Å²) >= 11 is 8.32. The lowest BCUT2D eigenvalue weighted by Gasteiger charge is -2.16. The van der Waals surface area contributed by atoms with E-state index in [1.807, 2.05) is 6.07 Å². The highest BCUT2D eigenvalue weighted by Gasteiger charge is 2.45. The van der Waals surface area contributed by atoms with Crippen LogP contribution in [-0.4, -0.2) is 23.2 Å². The van der Waals surface area contributed by atoms with E-state index >= 15 is 0 Å². The van der Waals surface area contributed by atoms with Gasteiger partial charge in [-0.3, -0.25) is 9.63 Å². The molecular weight excluding hydrogens is 462 g/mol. The fourth-order valence-electron chi connectivity index (χ4n) is 2.20. The predicted molar refractivity (Wildman–Crippen MR) is 101 cm³/mol. The summed E-state index contributed by atoms with van der Waals surface area (Å²) < 4.78 is 14.6. The molecule has 2 aromatic rings. The smallest absolute Gasteiger partial charge is 0.276 e. The number of halogens is 3. The molecule has 132 valence electrons. The van der Waals surface area contributed by atoms with Gasteiger partial charge in [0.25, 0.3) is 5.91 Å². The first-order chi connectivity index (χ1) is 11.9. The van der Waals surface area contributed by atoms with Gasteiger partial charge in [-0.05, 0) is 71.8 Å². The molecular formula is C17H15ClFIN2O3. The molecule has 0 aliphatic heterocycles. The van der Waals surface area contributed by atoms with Gasteiger partial charge in [-0.15, -0.1) is 0 Å². The Hall–Kier alpha value is -1.42. The van der Waals surface area contributed by atoms with Gasteiger partial charge in [0.15, 0.2) is 0 Å². The highest BCUT2D eigenvalue weighted by atomic mass is 127. The molecule has 0 saturated heterocycles. The van der Waals surface area contributed by atoms with Gasteiger partial charge in [0.05, 0.1) is 28.6 Å². The van der Waals surface area contributed by atoms with Gasteiger partial charge >= 0.3 is 0 Å². The Balaban J connectivity index is 1.81. The average Bonchev–Trinajstić information content (AvgIpc) is 3.36. The highest BCUT2D eigenvalue weighted by Crippen LogP contribution is 2.38. The fourth-order valence-corrected chi connectivity index (χ4v) is 3.10. The molecule has 8 heteroatoms. The van der Waals surface area contributed by atoms with E-state index in [1.165, 1.54) is 18.2 Å². The number of benzene rings is 2. The van der Waals surface area contributed by atoms with Crippen LogP contribution in [0.3, 0.4) is 0 Å². The number of rotatable bonds is 6. The third kappa shape index (κ3) is 4.41. The molecule has 0 bridgehead atoms. The van der Waals surface area contributed by atoms with Crippen molar-refractivity contribution in [1.29, 1.82) is 0 Å². The van der Waals surface area contributed by atoms with Gasteiger partial charge in [-0.1, -0.05) is 11.6 Å². The number of hydrogen-bond donors (Lipinski definition) is 3. The van der Waals surface area contributed by atoms with Crippen LogP contribution < -0.4 is 10.8 Å². The molecule has 2 aromatic carbocycles. The molecule has 1 amide bonds. The molecule has 0 unspecified atom stereocenters. The number of nitrogens with one attached hydrogen (secondary N) is 2. The van der Waals surface area contributed by atoms with E-state index in [1.54, 1.807) is 12.1 Å². The maximum Gasteiger partial charge on any atom is 0.276 e. The van der Waals surface area contributed by atoms with E-state index < -0.39 is 17.3 Å². The topological polar surface area (TPSA) is 70.6 Å². The maximum atomic E-state index is 13.6. The number of carbonyl (C=O) groups is 1. The first-order valence-electron chi connectivity index (χ1n) is 7.53. The van der Waals surface area contributed by atoms with Crippen LogP contribution in [-0.2, 0) is 4.84 Å². The van der Waals surface area contributed by atoms with E-state index in [9.17, 15) is 14.3 Å². The Morgan fingerprint density at radius 2 is 2.04 bits per heavy atom. The van der Waals surface area contributed by atoms with Crippen LogP contribution in [0.2, 0.25) is 5.02 Å². The zero-order valence-electron chi connectivity index (χ0n) is 13.0. The molecule has 5 nitrogen and oxygen atoms in total. The van der Waals surface area contributed by atoms with Crippen molar-refractivity contribution in [2.24, 2.45) is 0 Å². The molecule has 1 aliphatic rings. The molecule has 3 rings (SSSR count). The van der Waals surface area contributed by atoms with Crippen molar-refractivity contribution in [2.45, 2.75) is 18.4 Å². The van der Waals surface area contributed by atoms with Crippen molar-refractivity contribution in [1.82, 2.24) is 5.48 Å². The van der Waals surface area contributed by atoms with Crippen LogP contribution in [0.4, 0.5) is 15.8 Å². The zero-order valence-corrected chi connectivity index (χ0v) is 15.9. The minimum absolute atomic E-state index is 0.167. The summed E-state index contributed by atoms with van der Waals surface area (Å²) in [7, 11) is 0. The number of hydrogen-bond acceptors (Lipinski definition) is 4. The molecule has 3 N–H and O–H groups in total. The van der Waals surface area contributed by atoms with Gasteiger partial charge in [-0.2, -0.15) is 0 Å². The second kappa shape index (κ2) is 7.45. The van der Waals surface area contributed by atoms with Crippen molar-refractivity contribution in [2.75, 3.05) is 11.9 Å². The van der Waals surface area contributed by atoms with E-state index in [2.05, 4.69) is 33.4 Å². The van der Waals surface area contributed by atoms with Gasteiger partial charge in [0.2, 0.25) is 0 Å². The molecule has 1 saturated carbocycles. The monoisotopic (exact) mass is 476 g/mol. The number of hydroxylamine groups is 1. The van der Waals surface area contributed by atoms with Crippen LogP contribution in [0.5, 0.6) is 0 Å². The van der Waals surface area contributed by atoms with Gasteiger partial charge in [0.1, 0.15) is 11.4 Å². The molecule has 0 radical (unpaired) electrons. The summed E-state index contributed by atoms with van der Waals surface area (Å²) in [6, 6.07) is 9.10. The minimum atomic E-state index is -0.692. The number of carbonyl (C=O) groups excluding carboxylic acids is 1. The minimum Gasteiger partial charge on any atom is -0.393 e. The summed E-state index contributed by atoms with van der Waals surface area (Å²) in [5.74, 6) is -1.03. The predicted octanol–water partition coefficient (Wildman–Crippen LogP) is 4.01. The molecule has 0 spiro atoms. The van der Waals surface area contributed by atoms with Crippen molar-refractivity contribution < 1.29 is 19.1 Å². The Morgan fingerprint density at radius 3 is 2.68 bits per heavy atom. The number of aliphatic hydroxyl groups excluding tert-OH is 1. The lowest BCUT2D eigenvalue weighted by Crippen LogP contribution is -2.33. The maximum absolute atomic E-state index is 13.6. The first kappa shape index (κ1) is 18.4. The SMILES string of the molecule is O=C(NOC1(CO)CC1)c1ccc(F)cc1Nc1ccc(I)cc1Cl. The van der Waals surface area contributed by atoms with Crippen LogP contribution in [0, 0.1) is 9.39 Å².